The van der Waals surface area contributed by atoms with Gasteiger partial charge in [-0.15, -0.1) is 11.8 Å². The standard InChI is InChI=1S/C16H22FNO2S/c17-13-6-8-14(9-7-13)21-11-16(20)18-15-5-3-1-2-4-12(15)10-19/h6-9,12,15,19H,1-5,10-11H2,(H,18,20). The SMILES string of the molecule is O=C(CSc1ccc(F)cc1)NC1CCCCCC1CO. The third-order valence-electron chi connectivity index (χ3n) is 3.92. The van der Waals surface area contributed by atoms with Gasteiger partial charge in [-0.25, -0.2) is 4.39 Å². The lowest BCUT2D eigenvalue weighted by atomic mass is 9.96. The topological polar surface area (TPSA) is 49.3 Å². The maximum atomic E-state index is 12.8. The van der Waals surface area contributed by atoms with Gasteiger partial charge < -0.3 is 10.4 Å². The molecule has 2 rings (SSSR count). The number of halogens is 1. The van der Waals surface area contributed by atoms with E-state index in [1.54, 1.807) is 12.1 Å². The molecule has 0 aliphatic heterocycles. The molecule has 1 amide bonds. The van der Waals surface area contributed by atoms with Crippen molar-refractivity contribution in [3.8, 4) is 0 Å². The highest BCUT2D eigenvalue weighted by Crippen LogP contribution is 2.24. The maximum Gasteiger partial charge on any atom is 0.230 e. The van der Waals surface area contributed by atoms with Crippen LogP contribution in [0.1, 0.15) is 32.1 Å². The number of benzene rings is 1. The zero-order chi connectivity index (χ0) is 15.1. The Morgan fingerprint density at radius 2 is 1.95 bits per heavy atom. The fraction of sp³-hybridized carbons (Fsp3) is 0.562. The highest BCUT2D eigenvalue weighted by molar-refractivity contribution is 8.00. The zero-order valence-electron chi connectivity index (χ0n) is 12.1. The van der Waals surface area contributed by atoms with E-state index in [-0.39, 0.29) is 30.3 Å². The number of rotatable bonds is 5. The predicted molar refractivity (Wildman–Crippen MR) is 82.7 cm³/mol. The number of hydrogen-bond donors (Lipinski definition) is 2. The smallest absolute Gasteiger partial charge is 0.230 e. The molecular formula is C16H22FNO2S. The molecule has 1 aromatic rings. The van der Waals surface area contributed by atoms with E-state index in [4.69, 9.17) is 0 Å². The van der Waals surface area contributed by atoms with Gasteiger partial charge in [-0.05, 0) is 37.1 Å². The van der Waals surface area contributed by atoms with Crippen LogP contribution in [-0.2, 0) is 4.79 Å². The molecular weight excluding hydrogens is 289 g/mol. The van der Waals surface area contributed by atoms with Gasteiger partial charge in [0.2, 0.25) is 5.91 Å². The largest absolute Gasteiger partial charge is 0.396 e. The molecule has 0 heterocycles. The van der Waals surface area contributed by atoms with Crippen LogP contribution in [-0.4, -0.2) is 29.4 Å². The van der Waals surface area contributed by atoms with E-state index in [9.17, 15) is 14.3 Å². The monoisotopic (exact) mass is 311 g/mol. The molecule has 1 aromatic carbocycles. The Kier molecular flexibility index (Phi) is 6.51. The molecule has 5 heteroatoms. The van der Waals surface area contributed by atoms with Crippen LogP contribution in [0.15, 0.2) is 29.2 Å². The molecule has 1 aliphatic carbocycles. The van der Waals surface area contributed by atoms with E-state index in [1.807, 2.05) is 0 Å². The number of aliphatic hydroxyl groups is 1. The highest BCUT2D eigenvalue weighted by Gasteiger charge is 2.24. The highest BCUT2D eigenvalue weighted by atomic mass is 32.2. The van der Waals surface area contributed by atoms with E-state index in [2.05, 4.69) is 5.32 Å². The van der Waals surface area contributed by atoms with Crippen LogP contribution in [0.3, 0.4) is 0 Å². The first-order valence-electron chi connectivity index (χ1n) is 7.47. The molecule has 21 heavy (non-hydrogen) atoms. The van der Waals surface area contributed by atoms with Gasteiger partial charge in [0.25, 0.3) is 0 Å². The molecule has 0 aromatic heterocycles. The molecule has 116 valence electrons. The summed E-state index contributed by atoms with van der Waals surface area (Å²) >= 11 is 1.40. The Balaban J connectivity index is 1.81. The molecule has 0 saturated heterocycles. The molecule has 0 radical (unpaired) electrons. The number of thioether (sulfide) groups is 1. The zero-order valence-corrected chi connectivity index (χ0v) is 12.9. The molecule has 0 spiro atoms. The second-order valence-corrected chi connectivity index (χ2v) is 6.55. The van der Waals surface area contributed by atoms with E-state index in [0.29, 0.717) is 5.75 Å². The van der Waals surface area contributed by atoms with Gasteiger partial charge in [-0.3, -0.25) is 4.79 Å². The lowest BCUT2D eigenvalue weighted by molar-refractivity contribution is -0.119. The third-order valence-corrected chi connectivity index (χ3v) is 4.94. The molecule has 1 aliphatic rings. The number of aliphatic hydroxyl groups excluding tert-OH is 1. The average Bonchev–Trinajstić information content (AvgIpc) is 2.71. The predicted octanol–water partition coefficient (Wildman–Crippen LogP) is 2.98. The molecule has 1 saturated carbocycles. The lowest BCUT2D eigenvalue weighted by Crippen LogP contribution is -2.41. The number of nitrogens with one attached hydrogen (secondary N) is 1. The summed E-state index contributed by atoms with van der Waals surface area (Å²) in [6, 6.07) is 6.23. The number of hydrogen-bond acceptors (Lipinski definition) is 3. The van der Waals surface area contributed by atoms with Crippen LogP contribution in [0.4, 0.5) is 4.39 Å². The first kappa shape index (κ1) is 16.3. The van der Waals surface area contributed by atoms with Crippen molar-refractivity contribution in [1.29, 1.82) is 0 Å². The first-order chi connectivity index (χ1) is 10.2. The minimum Gasteiger partial charge on any atom is -0.396 e. The van der Waals surface area contributed by atoms with Crippen molar-refractivity contribution in [2.75, 3.05) is 12.4 Å². The van der Waals surface area contributed by atoms with Crippen LogP contribution >= 0.6 is 11.8 Å². The van der Waals surface area contributed by atoms with Gasteiger partial charge in [0, 0.05) is 23.5 Å². The van der Waals surface area contributed by atoms with Crippen LogP contribution in [0.2, 0.25) is 0 Å². The molecule has 3 nitrogen and oxygen atoms in total. The maximum absolute atomic E-state index is 12.8. The molecule has 1 fully saturated rings. The van der Waals surface area contributed by atoms with Gasteiger partial charge in [0.15, 0.2) is 0 Å². The van der Waals surface area contributed by atoms with Crippen LogP contribution in [0.25, 0.3) is 0 Å². The molecule has 2 atom stereocenters. The molecule has 0 bridgehead atoms. The Hall–Kier alpha value is -1.07. The number of carbonyl (C=O) groups is 1. The number of amides is 1. The summed E-state index contributed by atoms with van der Waals surface area (Å²) in [7, 11) is 0. The first-order valence-corrected chi connectivity index (χ1v) is 8.46. The fourth-order valence-corrected chi connectivity index (χ4v) is 3.43. The lowest BCUT2D eigenvalue weighted by Gasteiger charge is -2.24. The minimum absolute atomic E-state index is 0.0188. The summed E-state index contributed by atoms with van der Waals surface area (Å²) in [6.07, 6.45) is 5.33. The Morgan fingerprint density at radius 1 is 1.24 bits per heavy atom. The summed E-state index contributed by atoms with van der Waals surface area (Å²) in [5, 5.41) is 12.5. The van der Waals surface area contributed by atoms with Crippen molar-refractivity contribution >= 4 is 17.7 Å². The Bertz CT molecular complexity index is 452. The summed E-state index contributed by atoms with van der Waals surface area (Å²) in [5.41, 5.74) is 0. The minimum atomic E-state index is -0.270. The van der Waals surface area contributed by atoms with Crippen molar-refractivity contribution in [3.63, 3.8) is 0 Å². The second-order valence-electron chi connectivity index (χ2n) is 5.50. The normalized spacial score (nSPS) is 22.6. The summed E-state index contributed by atoms with van der Waals surface area (Å²) in [5.74, 6) is 0.204. The van der Waals surface area contributed by atoms with Crippen LogP contribution < -0.4 is 5.32 Å². The Labute approximate surface area is 129 Å². The summed E-state index contributed by atoms with van der Waals surface area (Å²) in [6.45, 7) is 0.135. The van der Waals surface area contributed by atoms with Gasteiger partial charge in [-0.2, -0.15) is 0 Å². The van der Waals surface area contributed by atoms with Crippen LogP contribution in [0.5, 0.6) is 0 Å². The van der Waals surface area contributed by atoms with E-state index in [0.717, 1.165) is 30.6 Å². The van der Waals surface area contributed by atoms with Gasteiger partial charge in [0.1, 0.15) is 5.82 Å². The average molecular weight is 311 g/mol. The Morgan fingerprint density at radius 3 is 2.67 bits per heavy atom. The van der Waals surface area contributed by atoms with E-state index in [1.165, 1.54) is 30.3 Å². The van der Waals surface area contributed by atoms with Crippen molar-refractivity contribution in [2.45, 2.75) is 43.0 Å². The van der Waals surface area contributed by atoms with E-state index >= 15 is 0 Å². The summed E-state index contributed by atoms with van der Waals surface area (Å²) in [4.78, 5) is 12.9. The van der Waals surface area contributed by atoms with Crippen LogP contribution in [0, 0.1) is 11.7 Å². The number of carbonyl (C=O) groups excluding carboxylic acids is 1. The van der Waals surface area contributed by atoms with Crippen molar-refractivity contribution < 1.29 is 14.3 Å². The summed E-state index contributed by atoms with van der Waals surface area (Å²) < 4.78 is 12.8. The molecule has 2 N–H and O–H groups in total. The van der Waals surface area contributed by atoms with Crippen molar-refractivity contribution in [2.24, 2.45) is 5.92 Å². The van der Waals surface area contributed by atoms with Crippen molar-refractivity contribution in [1.82, 2.24) is 5.32 Å². The van der Waals surface area contributed by atoms with E-state index < -0.39 is 0 Å². The fourth-order valence-electron chi connectivity index (χ4n) is 2.72. The van der Waals surface area contributed by atoms with Crippen molar-refractivity contribution in [3.05, 3.63) is 30.1 Å². The second kappa shape index (κ2) is 8.39. The quantitative estimate of drug-likeness (QED) is 0.649. The van der Waals surface area contributed by atoms with Gasteiger partial charge in [0.05, 0.1) is 5.75 Å². The van der Waals surface area contributed by atoms with Gasteiger partial charge in [-0.1, -0.05) is 19.3 Å². The molecule has 2 unspecified atom stereocenters. The third kappa shape index (κ3) is 5.32. The van der Waals surface area contributed by atoms with Gasteiger partial charge >= 0.3 is 0 Å².